The number of hydrogen-bond acceptors (Lipinski definition) is 0. The van der Waals surface area contributed by atoms with Gasteiger partial charge in [0.15, 0.2) is 0 Å². The van der Waals surface area contributed by atoms with Crippen LogP contribution in [0.1, 0.15) is 179 Å². The fourth-order valence-corrected chi connectivity index (χ4v) is 5.21. The fourth-order valence-electron chi connectivity index (χ4n) is 5.21. The van der Waals surface area contributed by atoms with Gasteiger partial charge in [-0.3, -0.25) is 0 Å². The molecule has 1 radical (unpaired) electrons. The summed E-state index contributed by atoms with van der Waals surface area (Å²) in [5.74, 6) is 0. The standard InChI is InChI=1S/C34H61/c1-3-5-7-9-11-13-15-17-19-21-23-25-28-33-30-27-31-34(32-33)29-26-24-22-20-18-16-14-12-10-8-6-4-2/h30-32H,3-26,28-29H2,1-2H3. The van der Waals surface area contributed by atoms with Crippen molar-refractivity contribution in [1.29, 1.82) is 0 Å². The molecule has 0 saturated carbocycles. The van der Waals surface area contributed by atoms with Crippen LogP contribution < -0.4 is 0 Å². The maximum atomic E-state index is 3.42. The molecule has 0 nitrogen and oxygen atoms in total. The van der Waals surface area contributed by atoms with Crippen molar-refractivity contribution in [3.63, 3.8) is 0 Å². The molecule has 0 unspecified atom stereocenters. The van der Waals surface area contributed by atoms with Gasteiger partial charge in [-0.05, 0) is 42.9 Å². The zero-order chi connectivity index (χ0) is 24.4. The molecule has 1 rings (SSSR count). The van der Waals surface area contributed by atoms with E-state index < -0.39 is 0 Å². The van der Waals surface area contributed by atoms with E-state index in [9.17, 15) is 0 Å². The summed E-state index contributed by atoms with van der Waals surface area (Å²) in [6.45, 7) is 4.60. The summed E-state index contributed by atoms with van der Waals surface area (Å²) in [7, 11) is 0. The first kappa shape index (κ1) is 31.3. The Morgan fingerprint density at radius 2 is 0.647 bits per heavy atom. The molecule has 0 atom stereocenters. The maximum Gasteiger partial charge on any atom is -0.0178 e. The molecule has 0 spiro atoms. The van der Waals surface area contributed by atoms with E-state index >= 15 is 0 Å². The third kappa shape index (κ3) is 20.6. The van der Waals surface area contributed by atoms with Crippen LogP contribution in [0.3, 0.4) is 0 Å². The lowest BCUT2D eigenvalue weighted by Gasteiger charge is -2.06. The highest BCUT2D eigenvalue weighted by molar-refractivity contribution is 5.22. The van der Waals surface area contributed by atoms with Gasteiger partial charge in [-0.25, -0.2) is 0 Å². The van der Waals surface area contributed by atoms with Crippen molar-refractivity contribution in [1.82, 2.24) is 0 Å². The van der Waals surface area contributed by atoms with Gasteiger partial charge in [-0.2, -0.15) is 0 Å². The van der Waals surface area contributed by atoms with E-state index in [0.29, 0.717) is 0 Å². The molecule has 0 aliphatic heterocycles. The molecule has 0 saturated heterocycles. The molecule has 0 heteroatoms. The minimum absolute atomic E-state index is 1.25. The Hall–Kier alpha value is -0.780. The Bertz CT molecular complexity index is 473. The van der Waals surface area contributed by atoms with Crippen LogP contribution in [0.25, 0.3) is 0 Å². The van der Waals surface area contributed by atoms with Gasteiger partial charge < -0.3 is 0 Å². The first-order valence-electron chi connectivity index (χ1n) is 15.9. The van der Waals surface area contributed by atoms with Gasteiger partial charge in [0.25, 0.3) is 0 Å². The summed E-state index contributed by atoms with van der Waals surface area (Å²) < 4.78 is 0. The van der Waals surface area contributed by atoms with Crippen LogP contribution in [0.2, 0.25) is 0 Å². The van der Waals surface area contributed by atoms with Crippen molar-refractivity contribution in [2.24, 2.45) is 0 Å². The Kier molecular flexibility index (Phi) is 23.3. The molecule has 0 bridgehead atoms. The van der Waals surface area contributed by atoms with Crippen molar-refractivity contribution in [2.45, 2.75) is 181 Å². The maximum absolute atomic E-state index is 3.42. The highest BCUT2D eigenvalue weighted by Gasteiger charge is 1.99. The molecular formula is C34H61. The van der Waals surface area contributed by atoms with Gasteiger partial charge in [0.2, 0.25) is 0 Å². The second-order valence-electron chi connectivity index (χ2n) is 11.0. The summed E-state index contributed by atoms with van der Waals surface area (Å²) in [5, 5.41) is 0. The molecular weight excluding hydrogens is 408 g/mol. The molecule has 1 aromatic carbocycles. The lowest BCUT2D eigenvalue weighted by Crippen LogP contribution is -1.91. The number of benzene rings is 1. The average molecular weight is 470 g/mol. The molecule has 0 fully saturated rings. The second-order valence-corrected chi connectivity index (χ2v) is 11.0. The topological polar surface area (TPSA) is 0 Å². The minimum Gasteiger partial charge on any atom is -0.0654 e. The largest absolute Gasteiger partial charge is 0.0654 e. The van der Waals surface area contributed by atoms with Crippen molar-refractivity contribution < 1.29 is 0 Å². The molecule has 0 N–H and O–H groups in total. The van der Waals surface area contributed by atoms with Crippen LogP contribution in [0.15, 0.2) is 18.2 Å². The highest BCUT2D eigenvalue weighted by atomic mass is 14.1. The second kappa shape index (κ2) is 25.3. The SMILES string of the molecule is CCCCCCCCCCCCCCc1c[c]cc(CCCCCCCCCCCCCC)c1. The number of unbranched alkanes of at least 4 members (excludes halogenated alkanes) is 22. The van der Waals surface area contributed by atoms with Gasteiger partial charge in [-0.1, -0.05) is 173 Å². The van der Waals surface area contributed by atoms with E-state index in [1.165, 1.54) is 178 Å². The number of hydrogen-bond donors (Lipinski definition) is 0. The Balaban J connectivity index is 1.91. The fraction of sp³-hybridized carbons (Fsp3) is 0.824. The van der Waals surface area contributed by atoms with Gasteiger partial charge in [0.05, 0.1) is 0 Å². The van der Waals surface area contributed by atoms with Crippen molar-refractivity contribution in [3.05, 3.63) is 35.4 Å². The normalized spacial score (nSPS) is 11.4. The van der Waals surface area contributed by atoms with Crippen LogP contribution in [0.4, 0.5) is 0 Å². The summed E-state index contributed by atoms with van der Waals surface area (Å²) in [6.07, 6.45) is 36.9. The lowest BCUT2D eigenvalue weighted by atomic mass is 9.99. The molecule has 0 heterocycles. The van der Waals surface area contributed by atoms with Crippen LogP contribution in [-0.4, -0.2) is 0 Å². The lowest BCUT2D eigenvalue weighted by molar-refractivity contribution is 0.543. The Morgan fingerprint density at radius 3 is 0.941 bits per heavy atom. The van der Waals surface area contributed by atoms with E-state index in [1.54, 1.807) is 0 Å². The summed E-state index contributed by atoms with van der Waals surface area (Å²) in [4.78, 5) is 0. The summed E-state index contributed by atoms with van der Waals surface area (Å²) in [5.41, 5.74) is 3.03. The minimum atomic E-state index is 1.25. The number of aryl methyl sites for hydroxylation is 2. The van der Waals surface area contributed by atoms with Crippen LogP contribution in [0.5, 0.6) is 0 Å². The van der Waals surface area contributed by atoms with Gasteiger partial charge in [0.1, 0.15) is 0 Å². The third-order valence-electron chi connectivity index (χ3n) is 7.55. The van der Waals surface area contributed by atoms with Gasteiger partial charge in [-0.15, -0.1) is 0 Å². The van der Waals surface area contributed by atoms with Crippen molar-refractivity contribution in [2.75, 3.05) is 0 Å². The Morgan fingerprint density at radius 1 is 0.382 bits per heavy atom. The van der Waals surface area contributed by atoms with Gasteiger partial charge in [0, 0.05) is 0 Å². The monoisotopic (exact) mass is 469 g/mol. The van der Waals surface area contributed by atoms with Crippen LogP contribution in [-0.2, 0) is 12.8 Å². The molecule has 197 valence electrons. The zero-order valence-electron chi connectivity index (χ0n) is 23.6. The van der Waals surface area contributed by atoms with Crippen LogP contribution in [0, 0.1) is 6.07 Å². The third-order valence-corrected chi connectivity index (χ3v) is 7.55. The van der Waals surface area contributed by atoms with Crippen molar-refractivity contribution in [3.8, 4) is 0 Å². The summed E-state index contributed by atoms with van der Waals surface area (Å²) >= 11 is 0. The molecule has 34 heavy (non-hydrogen) atoms. The van der Waals surface area contributed by atoms with Crippen LogP contribution >= 0.6 is 0 Å². The summed E-state index contributed by atoms with van der Waals surface area (Å²) in [6, 6.07) is 10.3. The quantitative estimate of drug-likeness (QED) is 0.118. The highest BCUT2D eigenvalue weighted by Crippen LogP contribution is 2.16. The Labute approximate surface area is 216 Å². The molecule has 0 aliphatic carbocycles. The first-order valence-corrected chi connectivity index (χ1v) is 15.9. The predicted molar refractivity (Wildman–Crippen MR) is 155 cm³/mol. The molecule has 0 aromatic heterocycles. The van der Waals surface area contributed by atoms with E-state index in [1.807, 2.05) is 0 Å². The zero-order valence-corrected chi connectivity index (χ0v) is 23.6. The van der Waals surface area contributed by atoms with E-state index in [4.69, 9.17) is 0 Å². The first-order chi connectivity index (χ1) is 16.9. The smallest absolute Gasteiger partial charge is 0.0178 e. The van der Waals surface area contributed by atoms with Gasteiger partial charge >= 0.3 is 0 Å². The van der Waals surface area contributed by atoms with E-state index in [-0.39, 0.29) is 0 Å². The molecule has 1 aromatic rings. The average Bonchev–Trinajstić information content (AvgIpc) is 2.85. The molecule has 0 amide bonds. The van der Waals surface area contributed by atoms with Crippen molar-refractivity contribution >= 4 is 0 Å². The van der Waals surface area contributed by atoms with E-state index in [2.05, 4.69) is 38.1 Å². The predicted octanol–water partition coefficient (Wildman–Crippen LogP) is 12.0. The van der Waals surface area contributed by atoms with E-state index in [0.717, 1.165) is 0 Å². The molecule has 0 aliphatic rings. The number of rotatable bonds is 26.